The number of nitrogens with zero attached hydrogens (tertiary/aromatic N) is 5. The second kappa shape index (κ2) is 15.0. The lowest BCUT2D eigenvalue weighted by molar-refractivity contribution is -0.136. The molecule has 4 fully saturated rings. The Morgan fingerprint density at radius 3 is 2.28 bits per heavy atom. The van der Waals surface area contributed by atoms with Gasteiger partial charge in [0.05, 0.1) is 17.5 Å². The van der Waals surface area contributed by atoms with Crippen LogP contribution >= 0.6 is 0 Å². The number of carbonyl (C=O) groups is 1. The van der Waals surface area contributed by atoms with E-state index in [9.17, 15) is 14.7 Å². The van der Waals surface area contributed by atoms with E-state index in [-0.39, 0.29) is 30.1 Å². The number of fused-ring (bicyclic) bond motifs is 5. The van der Waals surface area contributed by atoms with Gasteiger partial charge in [0.2, 0.25) is 0 Å². The van der Waals surface area contributed by atoms with Crippen LogP contribution in [0.3, 0.4) is 0 Å². The predicted octanol–water partition coefficient (Wildman–Crippen LogP) is 6.49. The van der Waals surface area contributed by atoms with Gasteiger partial charge in [-0.05, 0) is 101 Å². The second-order valence-corrected chi connectivity index (χ2v) is 14.6. The fraction of sp³-hybridized carbons (Fsp3) is 0.730. The summed E-state index contributed by atoms with van der Waals surface area (Å²) in [6, 6.07) is 9.63. The number of hydrogen-bond donors (Lipinski definition) is 1. The van der Waals surface area contributed by atoms with Crippen LogP contribution in [-0.4, -0.2) is 80.5 Å². The number of aliphatic carboxylic acids is 1. The fourth-order valence-electron chi connectivity index (χ4n) is 9.70. The molecule has 2 saturated heterocycles. The van der Waals surface area contributed by atoms with E-state index in [4.69, 9.17) is 9.82 Å². The van der Waals surface area contributed by atoms with Crippen LogP contribution in [0.15, 0.2) is 34.2 Å². The van der Waals surface area contributed by atoms with Gasteiger partial charge in [0.25, 0.3) is 5.56 Å². The average molecular weight is 634 g/mol. The topological polar surface area (TPSA) is 100 Å². The summed E-state index contributed by atoms with van der Waals surface area (Å²) in [4.78, 5) is 41.8. The average Bonchev–Trinajstić information content (AvgIpc) is 3.05. The largest absolute Gasteiger partial charge is 0.481 e. The van der Waals surface area contributed by atoms with Crippen molar-refractivity contribution in [1.82, 2.24) is 19.4 Å². The first-order valence-electron chi connectivity index (χ1n) is 18.3. The minimum atomic E-state index is -0.936. The number of hydrogen-bond acceptors (Lipinski definition) is 7. The molecule has 6 rings (SSSR count). The number of piperidine rings is 2. The maximum atomic E-state index is 14.5. The monoisotopic (exact) mass is 633 g/mol. The first-order chi connectivity index (χ1) is 22.4. The zero-order valence-electron chi connectivity index (χ0n) is 28.3. The van der Waals surface area contributed by atoms with Crippen LogP contribution < -0.4 is 5.56 Å². The molecule has 2 aliphatic carbocycles. The highest BCUT2D eigenvalue weighted by atomic mass is 16.6. The number of aromatic nitrogens is 2. The molecule has 0 radical (unpaired) electrons. The third kappa shape index (κ3) is 7.20. The molecule has 2 saturated carbocycles. The third-order valence-corrected chi connectivity index (χ3v) is 11.8. The van der Waals surface area contributed by atoms with Crippen LogP contribution in [0.4, 0.5) is 0 Å². The summed E-state index contributed by atoms with van der Waals surface area (Å²) in [5.41, 5.74) is 1.96. The van der Waals surface area contributed by atoms with E-state index in [0.29, 0.717) is 37.0 Å². The molecular weight excluding hydrogens is 578 g/mol. The van der Waals surface area contributed by atoms with Crippen molar-refractivity contribution in [2.75, 3.05) is 26.2 Å². The molecule has 9 nitrogen and oxygen atoms in total. The summed E-state index contributed by atoms with van der Waals surface area (Å²) in [7, 11) is 0. The Kier molecular flexibility index (Phi) is 10.8. The maximum Gasteiger partial charge on any atom is 0.303 e. The molecule has 4 bridgehead atoms. The lowest BCUT2D eigenvalue weighted by Crippen LogP contribution is -2.59. The molecular formula is C37H55N5O4. The molecule has 9 heteroatoms. The quantitative estimate of drug-likeness (QED) is 0.153. The zero-order valence-corrected chi connectivity index (χ0v) is 28.3. The molecule has 4 aliphatic rings. The first-order valence-corrected chi connectivity index (χ1v) is 18.3. The second-order valence-electron chi connectivity index (χ2n) is 14.6. The lowest BCUT2D eigenvalue weighted by Gasteiger charge is -2.56. The number of benzene rings is 1. The van der Waals surface area contributed by atoms with Gasteiger partial charge in [0, 0.05) is 37.1 Å². The van der Waals surface area contributed by atoms with Crippen molar-refractivity contribution >= 4 is 22.7 Å². The van der Waals surface area contributed by atoms with Gasteiger partial charge in [0.1, 0.15) is 12.3 Å². The smallest absolute Gasteiger partial charge is 0.303 e. The lowest BCUT2D eigenvalue weighted by atomic mass is 9.64. The standard InChI is InChI=1S/C37H55N5O4/c1-4-25-18-26-20-27(19-25)22-30(21-26)41-28-10-9-11-29(41)24-31(23-28)42-34-13-8-7-12-32(34)38-36(37(42)45)33(14-15-35(43)44)39-46-17-16-40(5-2)6-3/h7-8,12-13,25-31H,4-6,9-11,14-24H2,1-3H3,(H,43,44)/t25?,26-,27+,28-,29+,30?,31?. The molecule has 3 heterocycles. The van der Waals surface area contributed by atoms with Crippen LogP contribution in [0, 0.1) is 17.8 Å². The van der Waals surface area contributed by atoms with Crippen molar-refractivity contribution in [3.05, 3.63) is 40.3 Å². The van der Waals surface area contributed by atoms with Crippen LogP contribution in [0.25, 0.3) is 11.0 Å². The Bertz CT molecular complexity index is 1410. The Labute approximate surface area is 274 Å². The van der Waals surface area contributed by atoms with Gasteiger partial charge < -0.3 is 19.4 Å². The van der Waals surface area contributed by atoms with E-state index in [2.05, 4.69) is 35.7 Å². The van der Waals surface area contributed by atoms with E-state index in [1.54, 1.807) is 0 Å². The van der Waals surface area contributed by atoms with Crippen molar-refractivity contribution in [2.24, 2.45) is 22.9 Å². The van der Waals surface area contributed by atoms with Crippen molar-refractivity contribution in [2.45, 2.75) is 128 Å². The molecule has 252 valence electrons. The summed E-state index contributed by atoms with van der Waals surface area (Å²) < 4.78 is 1.99. The van der Waals surface area contributed by atoms with E-state index < -0.39 is 5.97 Å². The van der Waals surface area contributed by atoms with Crippen molar-refractivity contribution in [1.29, 1.82) is 0 Å². The Morgan fingerprint density at radius 2 is 1.63 bits per heavy atom. The van der Waals surface area contributed by atoms with Crippen LogP contribution in [0.5, 0.6) is 0 Å². The molecule has 1 aromatic carbocycles. The minimum Gasteiger partial charge on any atom is -0.481 e. The number of rotatable bonds is 13. The van der Waals surface area contributed by atoms with Gasteiger partial charge >= 0.3 is 5.97 Å². The summed E-state index contributed by atoms with van der Waals surface area (Å²) in [6.45, 7) is 9.48. The molecule has 46 heavy (non-hydrogen) atoms. The Hall–Kier alpha value is -2.78. The molecule has 2 aliphatic heterocycles. The molecule has 1 aromatic heterocycles. The highest BCUT2D eigenvalue weighted by Crippen LogP contribution is 2.49. The molecule has 3 unspecified atom stereocenters. The SMILES string of the molecule is CCC1C[C@@H]2CC(N3[C@@H]4CCC[C@H]3CC(n3c(=O)c(C(CCC(=O)O)=NOCCN(CC)CC)nc5ccccc53)C4)C[C@H](C1)C2. The molecule has 7 atom stereocenters. The van der Waals surface area contributed by atoms with Crippen molar-refractivity contribution in [3.63, 3.8) is 0 Å². The molecule has 1 N–H and O–H groups in total. The van der Waals surface area contributed by atoms with E-state index in [1.165, 1.54) is 57.8 Å². The Balaban J connectivity index is 1.29. The van der Waals surface area contributed by atoms with Gasteiger partial charge in [-0.1, -0.05) is 50.9 Å². The molecule has 0 spiro atoms. The summed E-state index contributed by atoms with van der Waals surface area (Å²) in [5.74, 6) is 1.75. The number of oxime groups is 1. The number of carboxylic acid groups (broad SMARTS) is 1. The van der Waals surface area contributed by atoms with Crippen molar-refractivity contribution < 1.29 is 14.7 Å². The zero-order chi connectivity index (χ0) is 32.2. The number of carboxylic acids is 1. The number of likely N-dealkylation sites (N-methyl/N-ethyl adjacent to an activating group) is 1. The summed E-state index contributed by atoms with van der Waals surface area (Å²) >= 11 is 0. The van der Waals surface area contributed by atoms with E-state index >= 15 is 0 Å². The maximum absolute atomic E-state index is 14.5. The minimum absolute atomic E-state index is 0.0718. The van der Waals surface area contributed by atoms with Gasteiger partial charge in [-0.25, -0.2) is 4.98 Å². The van der Waals surface area contributed by atoms with Gasteiger partial charge in [-0.15, -0.1) is 0 Å². The van der Waals surface area contributed by atoms with E-state index in [1.807, 2.05) is 28.8 Å². The molecule has 0 amide bonds. The van der Waals surface area contributed by atoms with Crippen LogP contribution in [0.1, 0.15) is 116 Å². The van der Waals surface area contributed by atoms with Gasteiger partial charge in [-0.2, -0.15) is 0 Å². The normalized spacial score (nSPS) is 30.1. The molecule has 2 aromatic rings. The number of para-hydroxylation sites is 2. The van der Waals surface area contributed by atoms with E-state index in [0.717, 1.165) is 54.7 Å². The van der Waals surface area contributed by atoms with Crippen molar-refractivity contribution in [3.8, 4) is 0 Å². The van der Waals surface area contributed by atoms with Crippen LogP contribution in [0.2, 0.25) is 0 Å². The van der Waals surface area contributed by atoms with Crippen LogP contribution in [-0.2, 0) is 9.63 Å². The predicted molar refractivity (Wildman–Crippen MR) is 182 cm³/mol. The summed E-state index contributed by atoms with van der Waals surface area (Å²) in [5, 5.41) is 13.9. The first kappa shape index (κ1) is 33.1. The highest BCUT2D eigenvalue weighted by Gasteiger charge is 2.46. The summed E-state index contributed by atoms with van der Waals surface area (Å²) in [6.07, 6.45) is 13.9. The van der Waals surface area contributed by atoms with Gasteiger partial charge in [-0.3, -0.25) is 14.5 Å². The fourth-order valence-corrected chi connectivity index (χ4v) is 9.70. The Morgan fingerprint density at radius 1 is 0.935 bits per heavy atom. The third-order valence-electron chi connectivity index (χ3n) is 11.8. The highest BCUT2D eigenvalue weighted by molar-refractivity contribution is 6.00. The van der Waals surface area contributed by atoms with Gasteiger partial charge in [0.15, 0.2) is 5.69 Å².